The number of rotatable bonds is 6. The first kappa shape index (κ1) is 20.1. The second-order valence-corrected chi connectivity index (χ2v) is 7.49. The molecule has 1 aliphatic heterocycles. The fraction of sp³-hybridized carbons (Fsp3) is 0.600. The van der Waals surface area contributed by atoms with E-state index < -0.39 is 0 Å². The number of guanidine groups is 1. The van der Waals surface area contributed by atoms with Gasteiger partial charge >= 0.3 is 0 Å². The number of aryl methyl sites for hydroxylation is 1. The van der Waals surface area contributed by atoms with Crippen molar-refractivity contribution < 1.29 is 4.52 Å². The van der Waals surface area contributed by atoms with Crippen molar-refractivity contribution >= 4 is 11.8 Å². The summed E-state index contributed by atoms with van der Waals surface area (Å²) in [5, 5.41) is 10.9. The van der Waals surface area contributed by atoms with Crippen LogP contribution < -0.4 is 15.5 Å². The van der Waals surface area contributed by atoms with Crippen LogP contribution in [0.1, 0.15) is 50.0 Å². The monoisotopic (exact) mass is 385 g/mol. The number of pyridine rings is 1. The van der Waals surface area contributed by atoms with Crippen LogP contribution in [0.25, 0.3) is 0 Å². The van der Waals surface area contributed by atoms with E-state index in [4.69, 9.17) is 4.52 Å². The number of anilines is 1. The van der Waals surface area contributed by atoms with Gasteiger partial charge in [0.1, 0.15) is 5.82 Å². The molecule has 0 spiro atoms. The van der Waals surface area contributed by atoms with E-state index in [-0.39, 0.29) is 5.92 Å². The minimum absolute atomic E-state index is 0.278. The van der Waals surface area contributed by atoms with Crippen LogP contribution in [0.15, 0.2) is 27.7 Å². The molecule has 0 saturated carbocycles. The van der Waals surface area contributed by atoms with Gasteiger partial charge in [-0.25, -0.2) is 4.98 Å². The average Bonchev–Trinajstić information content (AvgIpc) is 3.17. The van der Waals surface area contributed by atoms with E-state index in [1.165, 1.54) is 0 Å². The van der Waals surface area contributed by atoms with Crippen molar-refractivity contribution in [3.8, 4) is 0 Å². The Labute approximate surface area is 166 Å². The highest BCUT2D eigenvalue weighted by molar-refractivity contribution is 5.80. The number of nitrogens with one attached hydrogen (secondary N) is 2. The maximum Gasteiger partial charge on any atom is 0.228 e. The maximum absolute atomic E-state index is 5.28. The lowest BCUT2D eigenvalue weighted by Crippen LogP contribution is -2.49. The third-order valence-electron chi connectivity index (χ3n) is 4.89. The van der Waals surface area contributed by atoms with Crippen LogP contribution in [0.5, 0.6) is 0 Å². The van der Waals surface area contributed by atoms with E-state index in [0.717, 1.165) is 49.2 Å². The van der Waals surface area contributed by atoms with Gasteiger partial charge in [-0.2, -0.15) is 4.98 Å². The molecule has 0 radical (unpaired) electrons. The van der Waals surface area contributed by atoms with Gasteiger partial charge < -0.3 is 20.1 Å². The molecule has 28 heavy (non-hydrogen) atoms. The minimum atomic E-state index is 0.278. The van der Waals surface area contributed by atoms with E-state index in [9.17, 15) is 0 Å². The van der Waals surface area contributed by atoms with Crippen molar-refractivity contribution in [1.29, 1.82) is 0 Å². The van der Waals surface area contributed by atoms with Crippen LogP contribution in [0.4, 0.5) is 5.82 Å². The smallest absolute Gasteiger partial charge is 0.228 e. The molecule has 3 rings (SSSR count). The standard InChI is InChI=1S/C20H31N7O/c1-14(2)19-25-18(28-26-19)8-11-22-20(21-4)24-16-9-12-27(13-10-16)17-7-5-6-15(3)23-17/h5-7,14,16H,8-13H2,1-4H3,(H2,21,22,24). The third-order valence-corrected chi connectivity index (χ3v) is 4.89. The Bertz CT molecular complexity index is 778. The van der Waals surface area contributed by atoms with Gasteiger partial charge in [0, 0.05) is 50.8 Å². The summed E-state index contributed by atoms with van der Waals surface area (Å²) < 4.78 is 5.28. The van der Waals surface area contributed by atoms with Crippen molar-refractivity contribution in [2.45, 2.75) is 52.0 Å². The summed E-state index contributed by atoms with van der Waals surface area (Å²) in [7, 11) is 1.80. The lowest BCUT2D eigenvalue weighted by molar-refractivity contribution is 0.371. The summed E-state index contributed by atoms with van der Waals surface area (Å²) in [6.07, 6.45) is 2.79. The molecular formula is C20H31N7O. The van der Waals surface area contributed by atoms with Gasteiger partial charge in [-0.05, 0) is 31.9 Å². The zero-order valence-electron chi connectivity index (χ0n) is 17.3. The van der Waals surface area contributed by atoms with Crippen LogP contribution >= 0.6 is 0 Å². The molecule has 8 heteroatoms. The fourth-order valence-electron chi connectivity index (χ4n) is 3.24. The Kier molecular flexibility index (Phi) is 6.84. The zero-order chi connectivity index (χ0) is 19.9. The van der Waals surface area contributed by atoms with Crippen LogP contribution in [0.2, 0.25) is 0 Å². The number of aliphatic imine (C=N–C) groups is 1. The molecule has 1 aliphatic rings. The number of piperidine rings is 1. The average molecular weight is 386 g/mol. The summed E-state index contributed by atoms with van der Waals surface area (Å²) in [5.74, 6) is 3.58. The molecule has 2 N–H and O–H groups in total. The molecule has 2 aromatic heterocycles. The molecular weight excluding hydrogens is 354 g/mol. The Morgan fingerprint density at radius 2 is 2.07 bits per heavy atom. The Balaban J connectivity index is 1.41. The highest BCUT2D eigenvalue weighted by Gasteiger charge is 2.21. The van der Waals surface area contributed by atoms with E-state index in [1.807, 2.05) is 13.0 Å². The lowest BCUT2D eigenvalue weighted by Gasteiger charge is -2.34. The predicted octanol–water partition coefficient (Wildman–Crippen LogP) is 2.27. The second kappa shape index (κ2) is 9.52. The van der Waals surface area contributed by atoms with Crippen molar-refractivity contribution in [3.05, 3.63) is 35.6 Å². The van der Waals surface area contributed by atoms with Crippen molar-refractivity contribution in [1.82, 2.24) is 25.8 Å². The highest BCUT2D eigenvalue weighted by atomic mass is 16.5. The van der Waals surface area contributed by atoms with E-state index in [1.54, 1.807) is 7.05 Å². The predicted molar refractivity (Wildman–Crippen MR) is 111 cm³/mol. The largest absolute Gasteiger partial charge is 0.356 e. The first-order valence-corrected chi connectivity index (χ1v) is 10.0. The van der Waals surface area contributed by atoms with Crippen LogP contribution in [-0.4, -0.2) is 53.8 Å². The van der Waals surface area contributed by atoms with Crippen LogP contribution in [0.3, 0.4) is 0 Å². The van der Waals surface area contributed by atoms with Gasteiger partial charge in [-0.15, -0.1) is 0 Å². The van der Waals surface area contributed by atoms with Gasteiger partial charge in [0.15, 0.2) is 11.8 Å². The molecule has 1 fully saturated rings. The molecule has 152 valence electrons. The van der Waals surface area contributed by atoms with Crippen molar-refractivity contribution in [3.63, 3.8) is 0 Å². The van der Waals surface area contributed by atoms with E-state index >= 15 is 0 Å². The lowest BCUT2D eigenvalue weighted by atomic mass is 10.1. The quantitative estimate of drug-likeness (QED) is 0.582. The number of hydrogen-bond donors (Lipinski definition) is 2. The first-order chi connectivity index (χ1) is 13.5. The highest BCUT2D eigenvalue weighted by Crippen LogP contribution is 2.18. The van der Waals surface area contributed by atoms with Crippen LogP contribution in [-0.2, 0) is 6.42 Å². The summed E-state index contributed by atoms with van der Waals surface area (Å²) in [6, 6.07) is 6.60. The molecule has 0 amide bonds. The maximum atomic E-state index is 5.28. The Morgan fingerprint density at radius 1 is 1.29 bits per heavy atom. The molecule has 0 bridgehead atoms. The Hall–Kier alpha value is -2.64. The second-order valence-electron chi connectivity index (χ2n) is 7.49. The van der Waals surface area contributed by atoms with Gasteiger partial charge in [0.2, 0.25) is 5.89 Å². The topological polar surface area (TPSA) is 91.5 Å². The number of hydrogen-bond acceptors (Lipinski definition) is 6. The fourth-order valence-corrected chi connectivity index (χ4v) is 3.24. The van der Waals surface area contributed by atoms with Gasteiger partial charge in [-0.1, -0.05) is 25.1 Å². The van der Waals surface area contributed by atoms with Crippen molar-refractivity contribution in [2.24, 2.45) is 4.99 Å². The van der Waals surface area contributed by atoms with E-state index in [0.29, 0.717) is 24.9 Å². The number of nitrogens with zero attached hydrogens (tertiary/aromatic N) is 5. The molecule has 0 aliphatic carbocycles. The van der Waals surface area contributed by atoms with Gasteiger partial charge in [0.05, 0.1) is 0 Å². The van der Waals surface area contributed by atoms with Crippen molar-refractivity contribution in [2.75, 3.05) is 31.6 Å². The SMILES string of the molecule is CN=C(NCCc1nc(C(C)C)no1)NC1CCN(c2cccc(C)n2)CC1. The summed E-state index contributed by atoms with van der Waals surface area (Å²) in [5.41, 5.74) is 1.06. The summed E-state index contributed by atoms with van der Waals surface area (Å²) >= 11 is 0. The summed E-state index contributed by atoms with van der Waals surface area (Å²) in [6.45, 7) is 8.82. The molecule has 1 saturated heterocycles. The van der Waals surface area contributed by atoms with Gasteiger partial charge in [-0.3, -0.25) is 4.99 Å². The Morgan fingerprint density at radius 3 is 2.71 bits per heavy atom. The molecule has 8 nitrogen and oxygen atoms in total. The summed E-state index contributed by atoms with van der Waals surface area (Å²) in [4.78, 5) is 15.7. The first-order valence-electron chi connectivity index (χ1n) is 10.0. The van der Waals surface area contributed by atoms with Gasteiger partial charge in [0.25, 0.3) is 0 Å². The molecule has 3 heterocycles. The molecule has 0 atom stereocenters. The minimum Gasteiger partial charge on any atom is -0.356 e. The van der Waals surface area contributed by atoms with Crippen LogP contribution in [0, 0.1) is 6.92 Å². The van der Waals surface area contributed by atoms with E-state index in [2.05, 4.69) is 61.6 Å². The zero-order valence-corrected chi connectivity index (χ0v) is 17.3. The molecule has 0 aromatic carbocycles. The normalized spacial score (nSPS) is 15.9. The molecule has 2 aromatic rings. The third kappa shape index (κ3) is 5.43. The number of aromatic nitrogens is 3. The molecule has 0 unspecified atom stereocenters.